The molecule has 0 spiro atoms. The minimum Gasteiger partial charge on any atom is -0.429 e. The zero-order chi connectivity index (χ0) is 27.9. The number of ether oxygens (including phenoxy) is 1. The molecule has 0 radical (unpaired) electrons. The van der Waals surface area contributed by atoms with Crippen LogP contribution in [0, 0.1) is 11.2 Å². The van der Waals surface area contributed by atoms with Gasteiger partial charge in [0.1, 0.15) is 5.82 Å². The Labute approximate surface area is 209 Å². The Morgan fingerprint density at radius 1 is 1.27 bits per heavy atom. The topological polar surface area (TPSA) is 83.2 Å². The van der Waals surface area contributed by atoms with Crippen LogP contribution in [0.5, 0.6) is 5.75 Å². The minimum absolute atomic E-state index is 0.0152. The zero-order valence-electron chi connectivity index (χ0n) is 18.9. The number of amides is 1. The maximum Gasteiger partial charge on any atom is 0.459 e. The number of hydrogen-bond donors (Lipinski definition) is 2. The molecular formula is C21H18ClF8N5O2. The average molecular weight is 560 g/mol. The molecule has 1 fully saturated rings. The van der Waals surface area contributed by atoms with Gasteiger partial charge in [-0.3, -0.25) is 4.79 Å². The van der Waals surface area contributed by atoms with Gasteiger partial charge < -0.3 is 20.4 Å². The van der Waals surface area contributed by atoms with Gasteiger partial charge in [0.15, 0.2) is 17.3 Å². The molecule has 0 unspecified atom stereocenters. The number of alkyl halides is 7. The van der Waals surface area contributed by atoms with Gasteiger partial charge in [0, 0.05) is 43.7 Å². The summed E-state index contributed by atoms with van der Waals surface area (Å²) in [5.74, 6) is -9.69. The second kappa shape index (κ2) is 10.2. The number of benzene rings is 1. The molecule has 1 aromatic heterocycles. The lowest BCUT2D eigenvalue weighted by molar-refractivity contribution is -0.291. The Kier molecular flexibility index (Phi) is 7.77. The predicted octanol–water partition coefficient (Wildman–Crippen LogP) is 5.81. The number of rotatable bonds is 9. The molecule has 37 heavy (non-hydrogen) atoms. The van der Waals surface area contributed by atoms with Crippen LogP contribution in [0.4, 0.5) is 40.9 Å². The fraction of sp³-hybridized carbons (Fsp3) is 0.381. The third kappa shape index (κ3) is 5.65. The van der Waals surface area contributed by atoms with Crippen LogP contribution < -0.4 is 10.1 Å². The molecule has 202 valence electrons. The van der Waals surface area contributed by atoms with Crippen molar-refractivity contribution in [3.8, 4) is 5.75 Å². The molecule has 1 aliphatic carbocycles. The van der Waals surface area contributed by atoms with E-state index in [9.17, 15) is 39.9 Å². The highest BCUT2D eigenvalue weighted by molar-refractivity contribution is 6.34. The highest BCUT2D eigenvalue weighted by Gasteiger charge is 2.62. The second-order valence-corrected chi connectivity index (χ2v) is 8.36. The highest BCUT2D eigenvalue weighted by atomic mass is 35.5. The van der Waals surface area contributed by atoms with Gasteiger partial charge in [0.2, 0.25) is 0 Å². The average Bonchev–Trinajstić information content (AvgIpc) is 3.59. The van der Waals surface area contributed by atoms with Gasteiger partial charge in [-0.2, -0.15) is 35.8 Å². The first-order valence-electron chi connectivity index (χ1n) is 10.3. The number of carbonyl (C=O) groups excluding carboxylic acids is 1. The Morgan fingerprint density at radius 2 is 1.89 bits per heavy atom. The van der Waals surface area contributed by atoms with Crippen LogP contribution in [0.25, 0.3) is 5.57 Å². The summed E-state index contributed by atoms with van der Waals surface area (Å²) in [6.07, 6.45) is -3.33. The van der Waals surface area contributed by atoms with E-state index in [4.69, 9.17) is 17.0 Å². The van der Waals surface area contributed by atoms with Gasteiger partial charge in [-0.25, -0.2) is 9.07 Å². The standard InChI is InChI=1S/C21H18ClF8N5O2/c1-34(10-3-4-10)18(36)12-5-11(14(23)6-13(12)22)9(7-31)8-32-17-15(37-19(24)25)16(33-35(17)2)20(26,27)21(28,29)30/h5-8,10,19,31-32H,3-4H2,1-2H3/b9-8+,31-7?. The molecule has 1 aliphatic rings. The van der Waals surface area contributed by atoms with Crippen molar-refractivity contribution in [2.75, 3.05) is 12.4 Å². The maximum atomic E-state index is 14.7. The molecule has 0 atom stereocenters. The van der Waals surface area contributed by atoms with E-state index in [1.807, 2.05) is 0 Å². The van der Waals surface area contributed by atoms with E-state index >= 15 is 0 Å². The first-order valence-corrected chi connectivity index (χ1v) is 10.7. The lowest BCUT2D eigenvalue weighted by Crippen LogP contribution is -2.34. The van der Waals surface area contributed by atoms with Crippen LogP contribution in [-0.4, -0.2) is 52.7 Å². The van der Waals surface area contributed by atoms with Gasteiger partial charge in [-0.05, 0) is 25.0 Å². The Morgan fingerprint density at radius 3 is 2.41 bits per heavy atom. The van der Waals surface area contributed by atoms with E-state index in [2.05, 4.69) is 15.2 Å². The number of anilines is 1. The fourth-order valence-corrected chi connectivity index (χ4v) is 3.53. The Bertz CT molecular complexity index is 1240. The van der Waals surface area contributed by atoms with Crippen LogP contribution in [0.3, 0.4) is 0 Å². The van der Waals surface area contributed by atoms with Gasteiger partial charge in [-0.15, -0.1) is 0 Å². The number of allylic oxidation sites excluding steroid dienone is 1. The normalized spacial score (nSPS) is 14.6. The van der Waals surface area contributed by atoms with Crippen LogP contribution in [0.15, 0.2) is 18.3 Å². The number of halogens is 9. The van der Waals surface area contributed by atoms with Crippen molar-refractivity contribution in [2.45, 2.75) is 37.6 Å². The van der Waals surface area contributed by atoms with Crippen molar-refractivity contribution in [3.63, 3.8) is 0 Å². The SMILES string of the molecule is CN(C(=O)c1cc(/C(C=N)=C/Nc2c(OC(F)F)c(C(F)(F)C(F)(F)F)nn2C)c(F)cc1Cl)C1CC1. The number of carbonyl (C=O) groups is 1. The quantitative estimate of drug-likeness (QED) is 0.300. The van der Waals surface area contributed by atoms with E-state index in [0.717, 1.165) is 38.2 Å². The third-order valence-corrected chi connectivity index (χ3v) is 5.71. The number of aryl methyl sites for hydroxylation is 1. The van der Waals surface area contributed by atoms with Crippen molar-refractivity contribution in [3.05, 3.63) is 46.0 Å². The van der Waals surface area contributed by atoms with E-state index in [0.29, 0.717) is 10.9 Å². The molecule has 2 aromatic rings. The molecule has 0 aliphatic heterocycles. The summed E-state index contributed by atoms with van der Waals surface area (Å²) in [7, 11) is 2.39. The van der Waals surface area contributed by atoms with Crippen LogP contribution in [0.2, 0.25) is 5.02 Å². The third-order valence-electron chi connectivity index (χ3n) is 5.40. The van der Waals surface area contributed by atoms with Crippen molar-refractivity contribution >= 4 is 35.1 Å². The first kappa shape index (κ1) is 28.2. The van der Waals surface area contributed by atoms with Gasteiger partial charge in [-0.1, -0.05) is 11.6 Å². The van der Waals surface area contributed by atoms with Crippen molar-refractivity contribution in [2.24, 2.45) is 7.05 Å². The first-order chi connectivity index (χ1) is 17.1. The molecule has 3 rings (SSSR count). The summed E-state index contributed by atoms with van der Waals surface area (Å²) < 4.78 is 111. The number of nitrogens with one attached hydrogen (secondary N) is 2. The van der Waals surface area contributed by atoms with Crippen LogP contribution in [0.1, 0.15) is 34.5 Å². The summed E-state index contributed by atoms with van der Waals surface area (Å²) >= 11 is 6.02. The molecule has 16 heteroatoms. The molecule has 1 aromatic carbocycles. The monoisotopic (exact) mass is 559 g/mol. The summed E-state index contributed by atoms with van der Waals surface area (Å²) in [4.78, 5) is 14.1. The summed E-state index contributed by atoms with van der Waals surface area (Å²) in [5.41, 5.74) is -2.98. The van der Waals surface area contributed by atoms with Gasteiger partial charge in [0.25, 0.3) is 5.91 Å². The Hall–Kier alpha value is -3.36. The number of nitrogens with zero attached hydrogens (tertiary/aromatic N) is 3. The van der Waals surface area contributed by atoms with E-state index < -0.39 is 47.7 Å². The number of aromatic nitrogens is 2. The maximum absolute atomic E-state index is 14.7. The van der Waals surface area contributed by atoms with E-state index in [1.54, 1.807) is 0 Å². The minimum atomic E-state index is -6.18. The predicted molar refractivity (Wildman–Crippen MR) is 117 cm³/mol. The van der Waals surface area contributed by atoms with Gasteiger partial charge in [0.05, 0.1) is 10.6 Å². The van der Waals surface area contributed by atoms with Crippen molar-refractivity contribution in [1.29, 1.82) is 5.41 Å². The summed E-state index contributed by atoms with van der Waals surface area (Å²) in [6.45, 7) is -3.80. The number of hydrogen-bond acceptors (Lipinski definition) is 5. The summed E-state index contributed by atoms with van der Waals surface area (Å²) in [6, 6.07) is 1.82. The van der Waals surface area contributed by atoms with Crippen molar-refractivity contribution in [1.82, 2.24) is 14.7 Å². The largest absolute Gasteiger partial charge is 0.459 e. The lowest BCUT2D eigenvalue weighted by Gasteiger charge is -2.19. The molecule has 0 saturated heterocycles. The van der Waals surface area contributed by atoms with E-state index in [1.165, 1.54) is 11.9 Å². The second-order valence-electron chi connectivity index (χ2n) is 7.95. The highest BCUT2D eigenvalue weighted by Crippen LogP contribution is 2.49. The van der Waals surface area contributed by atoms with E-state index in [-0.39, 0.29) is 27.8 Å². The van der Waals surface area contributed by atoms with Crippen LogP contribution in [-0.2, 0) is 13.0 Å². The van der Waals surface area contributed by atoms with Crippen LogP contribution >= 0.6 is 11.6 Å². The summed E-state index contributed by atoms with van der Waals surface area (Å²) in [5, 5.41) is 12.5. The molecule has 1 heterocycles. The smallest absolute Gasteiger partial charge is 0.429 e. The molecule has 1 amide bonds. The lowest BCUT2D eigenvalue weighted by atomic mass is 10.0. The molecule has 0 bridgehead atoms. The Balaban J connectivity index is 2.05. The molecule has 1 saturated carbocycles. The van der Waals surface area contributed by atoms with Gasteiger partial charge >= 0.3 is 18.7 Å². The molecular weight excluding hydrogens is 542 g/mol. The zero-order valence-corrected chi connectivity index (χ0v) is 19.7. The molecule has 2 N–H and O–H groups in total. The fourth-order valence-electron chi connectivity index (χ4n) is 3.30. The molecule has 7 nitrogen and oxygen atoms in total. The van der Waals surface area contributed by atoms with Crippen molar-refractivity contribution < 1.29 is 44.7 Å².